The number of aromatic nitrogens is 2. The second kappa shape index (κ2) is 9.52. The molecule has 1 saturated heterocycles. The van der Waals surface area contributed by atoms with Gasteiger partial charge in [0.1, 0.15) is 5.03 Å². The summed E-state index contributed by atoms with van der Waals surface area (Å²) in [6.45, 7) is 7.71. The molecule has 160 valence electrons. The monoisotopic (exact) mass is 432 g/mol. The van der Waals surface area contributed by atoms with Crippen LogP contribution in [0.2, 0.25) is 0 Å². The first kappa shape index (κ1) is 21.4. The maximum atomic E-state index is 13.0. The number of rotatable bonds is 5. The fourth-order valence-electron chi connectivity index (χ4n) is 4.00. The van der Waals surface area contributed by atoms with Crippen molar-refractivity contribution in [2.75, 3.05) is 23.3 Å². The first-order valence-electron chi connectivity index (χ1n) is 10.7. The number of hydrogen-bond donors (Lipinski definition) is 1. The summed E-state index contributed by atoms with van der Waals surface area (Å²) in [5.41, 5.74) is 4.41. The number of aryl methyl sites for hydroxylation is 3. The number of hydrogen-bond acceptors (Lipinski definition) is 5. The maximum Gasteiger partial charge on any atom is 0.229 e. The molecule has 1 fully saturated rings. The predicted octanol–water partition coefficient (Wildman–Crippen LogP) is 5.41. The predicted molar refractivity (Wildman–Crippen MR) is 127 cm³/mol. The van der Waals surface area contributed by atoms with Crippen LogP contribution in [0, 0.1) is 26.7 Å². The molecule has 6 heteroatoms. The number of nitrogens with zero attached hydrogens (tertiary/aromatic N) is 3. The van der Waals surface area contributed by atoms with Crippen LogP contribution >= 0.6 is 11.8 Å². The Bertz CT molecular complexity index is 1050. The van der Waals surface area contributed by atoms with Gasteiger partial charge in [0, 0.05) is 36.1 Å². The summed E-state index contributed by atoms with van der Waals surface area (Å²) in [4.78, 5) is 25.6. The fraction of sp³-hybridized carbons (Fsp3) is 0.320. The summed E-state index contributed by atoms with van der Waals surface area (Å²) >= 11 is 1.62. The minimum absolute atomic E-state index is 0.0752. The summed E-state index contributed by atoms with van der Waals surface area (Å²) in [5.74, 6) is 0.858. The van der Waals surface area contributed by atoms with Crippen LogP contribution in [0.25, 0.3) is 0 Å². The van der Waals surface area contributed by atoms with Gasteiger partial charge in [-0.05, 0) is 69.0 Å². The van der Waals surface area contributed by atoms with Gasteiger partial charge in [-0.25, -0.2) is 9.97 Å². The van der Waals surface area contributed by atoms with E-state index >= 15 is 0 Å². The van der Waals surface area contributed by atoms with E-state index in [1.807, 2.05) is 26.0 Å². The molecule has 0 bridgehead atoms. The SMILES string of the molecule is Cc1ccc(Sc2nccnc2N2CCC[C@H](C(=O)Nc3cc(C)cc(C)c3)C2)cc1. The molecule has 1 N–H and O–H groups in total. The summed E-state index contributed by atoms with van der Waals surface area (Å²) in [5, 5.41) is 3.99. The van der Waals surface area contributed by atoms with Crippen LogP contribution in [0.4, 0.5) is 11.5 Å². The van der Waals surface area contributed by atoms with Gasteiger partial charge in [-0.1, -0.05) is 35.5 Å². The highest BCUT2D eigenvalue weighted by atomic mass is 32.2. The third-order valence-electron chi connectivity index (χ3n) is 5.46. The lowest BCUT2D eigenvalue weighted by Crippen LogP contribution is -2.41. The molecule has 1 aliphatic heterocycles. The number of benzene rings is 2. The highest BCUT2D eigenvalue weighted by Gasteiger charge is 2.28. The normalized spacial score (nSPS) is 16.2. The van der Waals surface area contributed by atoms with E-state index < -0.39 is 0 Å². The number of amides is 1. The van der Waals surface area contributed by atoms with E-state index in [9.17, 15) is 4.79 Å². The van der Waals surface area contributed by atoms with Gasteiger partial charge < -0.3 is 10.2 Å². The van der Waals surface area contributed by atoms with Gasteiger partial charge >= 0.3 is 0 Å². The number of carbonyl (C=O) groups is 1. The van der Waals surface area contributed by atoms with E-state index in [1.165, 1.54) is 5.56 Å². The third-order valence-corrected chi connectivity index (χ3v) is 6.45. The number of carbonyl (C=O) groups excluding carboxylic acids is 1. The number of piperidine rings is 1. The standard InChI is InChI=1S/C25H28N4OS/c1-17-6-8-22(9-7-17)31-25-23(26-10-11-27-25)29-12-4-5-20(16-29)24(30)28-21-14-18(2)13-19(3)15-21/h6-11,13-15,20H,4-5,12,16H2,1-3H3,(H,28,30)/t20-/m0/s1. The zero-order valence-electron chi connectivity index (χ0n) is 18.3. The lowest BCUT2D eigenvalue weighted by Gasteiger charge is -2.33. The van der Waals surface area contributed by atoms with Crippen molar-refractivity contribution in [3.8, 4) is 0 Å². The maximum absolute atomic E-state index is 13.0. The van der Waals surface area contributed by atoms with Crippen LogP contribution in [-0.4, -0.2) is 29.0 Å². The highest BCUT2D eigenvalue weighted by Crippen LogP contribution is 2.34. The van der Waals surface area contributed by atoms with E-state index in [-0.39, 0.29) is 11.8 Å². The van der Waals surface area contributed by atoms with E-state index in [4.69, 9.17) is 0 Å². The molecule has 1 atom stereocenters. The van der Waals surface area contributed by atoms with Crippen molar-refractivity contribution in [2.45, 2.75) is 43.5 Å². The highest BCUT2D eigenvalue weighted by molar-refractivity contribution is 7.99. The molecule has 2 heterocycles. The summed E-state index contributed by atoms with van der Waals surface area (Å²) in [7, 11) is 0. The molecule has 4 rings (SSSR count). The molecule has 31 heavy (non-hydrogen) atoms. The Kier molecular flexibility index (Phi) is 6.56. The zero-order valence-corrected chi connectivity index (χ0v) is 19.1. The fourth-order valence-corrected chi connectivity index (χ4v) is 4.88. The third kappa shape index (κ3) is 5.44. The topological polar surface area (TPSA) is 58.1 Å². The molecule has 0 unspecified atom stereocenters. The van der Waals surface area contributed by atoms with Gasteiger partial charge in [-0.15, -0.1) is 0 Å². The molecule has 1 aromatic heterocycles. The largest absolute Gasteiger partial charge is 0.354 e. The van der Waals surface area contributed by atoms with Crippen LogP contribution in [-0.2, 0) is 4.79 Å². The van der Waals surface area contributed by atoms with E-state index in [1.54, 1.807) is 24.2 Å². The molecular formula is C25H28N4OS. The van der Waals surface area contributed by atoms with Crippen LogP contribution < -0.4 is 10.2 Å². The van der Waals surface area contributed by atoms with Crippen molar-refractivity contribution in [3.63, 3.8) is 0 Å². The molecule has 1 aliphatic rings. The van der Waals surface area contributed by atoms with Gasteiger partial charge in [0.2, 0.25) is 5.91 Å². The van der Waals surface area contributed by atoms with Crippen molar-refractivity contribution in [2.24, 2.45) is 5.92 Å². The smallest absolute Gasteiger partial charge is 0.229 e. The second-order valence-corrected chi connectivity index (χ2v) is 9.31. The molecule has 0 radical (unpaired) electrons. The summed E-state index contributed by atoms with van der Waals surface area (Å²) in [6.07, 6.45) is 5.30. The average molecular weight is 433 g/mol. The van der Waals surface area contributed by atoms with Crippen molar-refractivity contribution in [1.82, 2.24) is 9.97 Å². The zero-order chi connectivity index (χ0) is 21.8. The van der Waals surface area contributed by atoms with Gasteiger partial charge in [-0.3, -0.25) is 4.79 Å². The average Bonchev–Trinajstić information content (AvgIpc) is 2.75. The molecule has 1 amide bonds. The molecule has 0 aliphatic carbocycles. The Morgan fingerprint density at radius 3 is 2.45 bits per heavy atom. The van der Waals surface area contributed by atoms with Gasteiger partial charge in [0.15, 0.2) is 5.82 Å². The van der Waals surface area contributed by atoms with Crippen LogP contribution in [0.3, 0.4) is 0 Å². The van der Waals surface area contributed by atoms with E-state index in [2.05, 4.69) is 57.4 Å². The van der Waals surface area contributed by atoms with Crippen molar-refractivity contribution in [3.05, 3.63) is 71.5 Å². The van der Waals surface area contributed by atoms with E-state index in [0.29, 0.717) is 6.54 Å². The molecule has 0 saturated carbocycles. The van der Waals surface area contributed by atoms with Crippen molar-refractivity contribution < 1.29 is 4.79 Å². The van der Waals surface area contributed by atoms with Gasteiger partial charge in [-0.2, -0.15) is 0 Å². The van der Waals surface area contributed by atoms with Crippen LogP contribution in [0.5, 0.6) is 0 Å². The Hall–Kier alpha value is -2.86. The van der Waals surface area contributed by atoms with Crippen LogP contribution in [0.1, 0.15) is 29.5 Å². The Balaban J connectivity index is 1.48. The second-order valence-electron chi connectivity index (χ2n) is 8.25. The molecule has 3 aromatic rings. The molecule has 2 aromatic carbocycles. The Morgan fingerprint density at radius 2 is 1.71 bits per heavy atom. The van der Waals surface area contributed by atoms with E-state index in [0.717, 1.165) is 51.9 Å². The molecule has 5 nitrogen and oxygen atoms in total. The van der Waals surface area contributed by atoms with Gasteiger partial charge in [0.05, 0.1) is 5.92 Å². The molecular weight excluding hydrogens is 404 g/mol. The number of anilines is 2. The van der Waals surface area contributed by atoms with Crippen molar-refractivity contribution >= 4 is 29.2 Å². The lowest BCUT2D eigenvalue weighted by molar-refractivity contribution is -0.120. The first-order chi connectivity index (χ1) is 15.0. The molecule has 0 spiro atoms. The Labute approximate surface area is 188 Å². The summed E-state index contributed by atoms with van der Waals surface area (Å²) in [6, 6.07) is 14.6. The van der Waals surface area contributed by atoms with Crippen molar-refractivity contribution in [1.29, 1.82) is 0 Å². The van der Waals surface area contributed by atoms with Gasteiger partial charge in [0.25, 0.3) is 0 Å². The first-order valence-corrected chi connectivity index (χ1v) is 11.5. The Morgan fingerprint density at radius 1 is 1.00 bits per heavy atom. The lowest BCUT2D eigenvalue weighted by atomic mass is 9.97. The minimum atomic E-state index is -0.0752. The van der Waals surface area contributed by atoms with Crippen LogP contribution in [0.15, 0.2) is 64.8 Å². The minimum Gasteiger partial charge on any atom is -0.354 e. The quantitative estimate of drug-likeness (QED) is 0.584. The summed E-state index contributed by atoms with van der Waals surface area (Å²) < 4.78 is 0. The number of nitrogens with one attached hydrogen (secondary N) is 1.